The smallest absolute Gasteiger partial charge is 0.407 e. The second-order valence-electron chi connectivity index (χ2n) is 8.19. The van der Waals surface area contributed by atoms with Gasteiger partial charge in [0.1, 0.15) is 0 Å². The number of aromatic nitrogens is 4. The molecule has 2 amide bonds. The van der Waals surface area contributed by atoms with E-state index >= 15 is 0 Å². The van der Waals surface area contributed by atoms with Crippen LogP contribution in [0.25, 0.3) is 10.8 Å². The maximum atomic E-state index is 12.1. The van der Waals surface area contributed by atoms with Crippen LogP contribution in [0.3, 0.4) is 0 Å². The van der Waals surface area contributed by atoms with Crippen molar-refractivity contribution >= 4 is 28.6 Å². The third-order valence-corrected chi connectivity index (χ3v) is 5.77. The lowest BCUT2D eigenvalue weighted by atomic mass is 9.98. The molecule has 3 heterocycles. The number of carboxylic acid groups (broad SMARTS) is 1. The summed E-state index contributed by atoms with van der Waals surface area (Å²) in [6.45, 7) is 1.93. The highest BCUT2D eigenvalue weighted by Crippen LogP contribution is 2.25. The fourth-order valence-corrected chi connectivity index (χ4v) is 3.98. The number of H-pyrrole nitrogens is 1. The van der Waals surface area contributed by atoms with Crippen LogP contribution in [0.1, 0.15) is 43.3 Å². The number of carbonyl (C=O) groups excluding carboxylic acids is 1. The van der Waals surface area contributed by atoms with Crippen LogP contribution in [0.4, 0.5) is 10.6 Å². The van der Waals surface area contributed by atoms with E-state index in [4.69, 9.17) is 9.63 Å². The Labute approximate surface area is 194 Å². The predicted molar refractivity (Wildman–Crippen MR) is 123 cm³/mol. The first-order valence-electron chi connectivity index (χ1n) is 11.3. The number of nitrogens with zero attached hydrogens (tertiary/aromatic N) is 4. The minimum Gasteiger partial charge on any atom is -0.465 e. The van der Waals surface area contributed by atoms with Crippen molar-refractivity contribution < 1.29 is 19.2 Å². The highest BCUT2D eigenvalue weighted by Gasteiger charge is 2.27. The lowest BCUT2D eigenvalue weighted by Gasteiger charge is -2.28. The quantitative estimate of drug-likeness (QED) is 0.341. The van der Waals surface area contributed by atoms with Gasteiger partial charge >= 0.3 is 6.09 Å². The van der Waals surface area contributed by atoms with Gasteiger partial charge in [0.05, 0.1) is 5.39 Å². The Morgan fingerprint density at radius 2 is 2.06 bits per heavy atom. The van der Waals surface area contributed by atoms with Crippen LogP contribution >= 0.6 is 0 Å². The van der Waals surface area contributed by atoms with E-state index < -0.39 is 6.09 Å². The van der Waals surface area contributed by atoms with Gasteiger partial charge in [-0.15, -0.1) is 0 Å². The van der Waals surface area contributed by atoms with Crippen molar-refractivity contribution in [3.05, 3.63) is 46.3 Å². The first-order valence-corrected chi connectivity index (χ1v) is 11.3. The lowest BCUT2D eigenvalue weighted by molar-refractivity contribution is -0.121. The van der Waals surface area contributed by atoms with E-state index in [-0.39, 0.29) is 23.8 Å². The number of fused-ring (bicyclic) bond motifs is 1. The second kappa shape index (κ2) is 10.8. The number of aromatic amines is 1. The number of piperidine rings is 1. The molecule has 34 heavy (non-hydrogen) atoms. The molecule has 0 saturated carbocycles. The normalized spacial score (nSPS) is 15.9. The summed E-state index contributed by atoms with van der Waals surface area (Å²) in [4.78, 5) is 40.9. The van der Waals surface area contributed by atoms with E-state index in [0.717, 1.165) is 18.2 Å². The van der Waals surface area contributed by atoms with Crippen molar-refractivity contribution in [3.8, 4) is 0 Å². The van der Waals surface area contributed by atoms with Crippen LogP contribution in [-0.2, 0) is 11.2 Å². The number of likely N-dealkylation sites (tertiary alicyclic amines) is 1. The molecule has 2 aromatic heterocycles. The molecule has 1 aromatic carbocycles. The van der Waals surface area contributed by atoms with Gasteiger partial charge in [-0.05, 0) is 25.3 Å². The first kappa shape index (κ1) is 23.2. The number of carbonyl (C=O) groups is 2. The predicted octanol–water partition coefficient (Wildman–Crippen LogP) is 1.71. The average molecular weight is 470 g/mol. The number of benzene rings is 1. The van der Waals surface area contributed by atoms with E-state index in [9.17, 15) is 14.4 Å². The Hall–Kier alpha value is -3.96. The number of rotatable bonds is 9. The molecule has 1 aliphatic rings. The van der Waals surface area contributed by atoms with E-state index in [1.807, 2.05) is 12.1 Å². The molecule has 0 spiro atoms. The summed E-state index contributed by atoms with van der Waals surface area (Å²) < 4.78 is 5.25. The SMILES string of the molecule is O=C(CCc1nc(C2CCCN(C(=O)O)C2)no1)NCCCNc1n[nH]c(=O)c2ccccc12. The summed E-state index contributed by atoms with van der Waals surface area (Å²) in [5, 5.41) is 27.0. The van der Waals surface area contributed by atoms with Crippen molar-refractivity contribution in [2.45, 2.75) is 38.0 Å². The molecule has 4 N–H and O–H groups in total. The maximum Gasteiger partial charge on any atom is 0.407 e. The van der Waals surface area contributed by atoms with Crippen LogP contribution in [0, 0.1) is 0 Å². The molecule has 0 bridgehead atoms. The average Bonchev–Trinajstić information content (AvgIpc) is 3.33. The molecule has 1 atom stereocenters. The van der Waals surface area contributed by atoms with Crippen LogP contribution in [0.2, 0.25) is 0 Å². The van der Waals surface area contributed by atoms with Crippen LogP contribution in [0.15, 0.2) is 33.6 Å². The Bertz CT molecular complexity index is 1210. The van der Waals surface area contributed by atoms with Gasteiger partial charge in [-0.3, -0.25) is 9.59 Å². The zero-order chi connectivity index (χ0) is 23.9. The number of aryl methyl sites for hydroxylation is 1. The molecule has 4 rings (SSSR count). The summed E-state index contributed by atoms with van der Waals surface area (Å²) in [5.41, 5.74) is -0.234. The molecule has 12 nitrogen and oxygen atoms in total. The van der Waals surface area contributed by atoms with E-state index in [0.29, 0.717) is 61.9 Å². The number of hydrogen-bond donors (Lipinski definition) is 4. The Morgan fingerprint density at radius 1 is 1.24 bits per heavy atom. The summed E-state index contributed by atoms with van der Waals surface area (Å²) in [5.74, 6) is 1.25. The molecule has 3 aromatic rings. The molecule has 12 heteroatoms. The lowest BCUT2D eigenvalue weighted by Crippen LogP contribution is -2.38. The zero-order valence-corrected chi connectivity index (χ0v) is 18.6. The fourth-order valence-electron chi connectivity index (χ4n) is 3.98. The topological polar surface area (TPSA) is 166 Å². The van der Waals surface area contributed by atoms with Crippen LogP contribution in [-0.4, -0.2) is 68.5 Å². The second-order valence-corrected chi connectivity index (χ2v) is 8.19. The molecule has 0 radical (unpaired) electrons. The van der Waals surface area contributed by atoms with Gasteiger partial charge in [-0.25, -0.2) is 9.89 Å². The summed E-state index contributed by atoms with van der Waals surface area (Å²) in [6.07, 6.45) is 1.83. The molecular weight excluding hydrogens is 442 g/mol. The number of anilines is 1. The third kappa shape index (κ3) is 5.69. The summed E-state index contributed by atoms with van der Waals surface area (Å²) >= 11 is 0. The minimum atomic E-state index is -0.941. The fraction of sp³-hybridized carbons (Fsp3) is 0.455. The molecule has 1 unspecified atom stereocenters. The monoisotopic (exact) mass is 469 g/mol. The van der Waals surface area contributed by atoms with Gasteiger partial charge in [-0.2, -0.15) is 10.1 Å². The highest BCUT2D eigenvalue weighted by molar-refractivity contribution is 5.90. The Balaban J connectivity index is 1.16. The van der Waals surface area contributed by atoms with E-state index in [1.165, 1.54) is 4.90 Å². The van der Waals surface area contributed by atoms with E-state index in [2.05, 4.69) is 31.0 Å². The largest absolute Gasteiger partial charge is 0.465 e. The van der Waals surface area contributed by atoms with Gasteiger partial charge in [0.25, 0.3) is 5.56 Å². The molecule has 180 valence electrons. The van der Waals surface area contributed by atoms with Crippen molar-refractivity contribution in [2.75, 3.05) is 31.5 Å². The maximum absolute atomic E-state index is 12.1. The first-order chi connectivity index (χ1) is 16.5. The van der Waals surface area contributed by atoms with Gasteiger partial charge in [0, 0.05) is 50.3 Å². The minimum absolute atomic E-state index is 0.0854. The molecular formula is C22H27N7O5. The summed E-state index contributed by atoms with van der Waals surface area (Å²) in [6, 6.07) is 7.23. The number of amides is 2. The number of hydrogen-bond acceptors (Lipinski definition) is 8. The van der Waals surface area contributed by atoms with Crippen molar-refractivity contribution in [3.63, 3.8) is 0 Å². The number of nitrogens with one attached hydrogen (secondary N) is 3. The van der Waals surface area contributed by atoms with E-state index in [1.54, 1.807) is 12.1 Å². The highest BCUT2D eigenvalue weighted by atomic mass is 16.5. The summed E-state index contributed by atoms with van der Waals surface area (Å²) in [7, 11) is 0. The Kier molecular flexibility index (Phi) is 7.35. The van der Waals surface area contributed by atoms with Gasteiger partial charge < -0.3 is 25.2 Å². The van der Waals surface area contributed by atoms with Crippen LogP contribution in [0.5, 0.6) is 0 Å². The van der Waals surface area contributed by atoms with Crippen molar-refractivity contribution in [2.24, 2.45) is 0 Å². The molecule has 1 aliphatic heterocycles. The molecule has 1 fully saturated rings. The van der Waals surface area contributed by atoms with Crippen molar-refractivity contribution in [1.82, 2.24) is 30.6 Å². The standard InChI is InChI=1S/C22H27N7O5/c30-17(8-9-18-25-19(28-34-18)14-5-3-12-29(13-14)22(32)33)23-10-4-11-24-20-15-6-1-2-7-16(15)21(31)27-26-20/h1-2,6-7,14H,3-5,8-13H2,(H,23,30)(H,24,26)(H,27,31)(H,32,33). The van der Waals surface area contributed by atoms with Crippen LogP contribution < -0.4 is 16.2 Å². The Morgan fingerprint density at radius 3 is 2.88 bits per heavy atom. The van der Waals surface area contributed by atoms with Crippen molar-refractivity contribution in [1.29, 1.82) is 0 Å². The zero-order valence-electron chi connectivity index (χ0n) is 18.6. The van der Waals surface area contributed by atoms with Gasteiger partial charge in [0.15, 0.2) is 11.6 Å². The van der Waals surface area contributed by atoms with Gasteiger partial charge in [0.2, 0.25) is 11.8 Å². The molecule has 1 saturated heterocycles. The third-order valence-electron chi connectivity index (χ3n) is 5.77. The molecule has 0 aliphatic carbocycles. The van der Waals surface area contributed by atoms with Gasteiger partial charge in [-0.1, -0.05) is 23.4 Å².